The number of thiol groups is 1. The molecule has 0 aromatic rings. The molecule has 6 heteroatoms. The zero-order valence-corrected chi connectivity index (χ0v) is 7.49. The zero-order chi connectivity index (χ0) is 9.72. The van der Waals surface area contributed by atoms with Crippen LogP contribution in [0.1, 0.15) is 6.92 Å². The molecule has 1 amide bonds. The summed E-state index contributed by atoms with van der Waals surface area (Å²) in [6.45, 7) is 1.72. The summed E-state index contributed by atoms with van der Waals surface area (Å²) in [6, 6.07) is -1.06. The van der Waals surface area contributed by atoms with Gasteiger partial charge in [-0.2, -0.15) is 12.6 Å². The highest BCUT2D eigenvalue weighted by Gasteiger charge is 2.26. The molecule has 70 valence electrons. The van der Waals surface area contributed by atoms with Crippen molar-refractivity contribution in [2.45, 2.75) is 13.0 Å². The summed E-state index contributed by atoms with van der Waals surface area (Å²) < 4.78 is 0. The van der Waals surface area contributed by atoms with Crippen LogP contribution in [0.5, 0.6) is 0 Å². The fraction of sp³-hybridized carbons (Fsp3) is 0.667. The SMILES string of the molecule is CCN(C(=O)O)[C@H](CS)C(=O)O. The van der Waals surface area contributed by atoms with Crippen LogP contribution in [0.2, 0.25) is 0 Å². The van der Waals surface area contributed by atoms with Gasteiger partial charge in [-0.15, -0.1) is 0 Å². The van der Waals surface area contributed by atoms with Crippen molar-refractivity contribution in [1.29, 1.82) is 0 Å². The molecule has 0 fully saturated rings. The normalized spacial score (nSPS) is 12.2. The number of likely N-dealkylation sites (N-methyl/N-ethyl adjacent to an activating group) is 1. The number of carboxylic acids is 1. The lowest BCUT2D eigenvalue weighted by Crippen LogP contribution is -2.45. The van der Waals surface area contributed by atoms with Gasteiger partial charge in [-0.3, -0.25) is 4.90 Å². The average molecular weight is 193 g/mol. The predicted molar refractivity (Wildman–Crippen MR) is 45.7 cm³/mol. The molecule has 0 aromatic heterocycles. The van der Waals surface area contributed by atoms with E-state index in [1.165, 1.54) is 0 Å². The molecule has 0 aliphatic heterocycles. The Morgan fingerprint density at radius 3 is 2.08 bits per heavy atom. The number of aliphatic carboxylic acids is 1. The van der Waals surface area contributed by atoms with E-state index in [2.05, 4.69) is 12.6 Å². The minimum atomic E-state index is -1.24. The smallest absolute Gasteiger partial charge is 0.408 e. The fourth-order valence-electron chi connectivity index (χ4n) is 0.799. The Hall–Kier alpha value is -0.910. The minimum Gasteiger partial charge on any atom is -0.480 e. The van der Waals surface area contributed by atoms with Crippen molar-refractivity contribution >= 4 is 24.7 Å². The molecule has 0 aliphatic carbocycles. The Labute approximate surface area is 75.4 Å². The van der Waals surface area contributed by atoms with Gasteiger partial charge in [0.25, 0.3) is 0 Å². The lowest BCUT2D eigenvalue weighted by molar-refractivity contribution is -0.141. The van der Waals surface area contributed by atoms with Crippen molar-refractivity contribution in [1.82, 2.24) is 4.90 Å². The molecule has 12 heavy (non-hydrogen) atoms. The van der Waals surface area contributed by atoms with E-state index in [0.29, 0.717) is 0 Å². The number of carbonyl (C=O) groups is 2. The van der Waals surface area contributed by atoms with Gasteiger partial charge in [0.15, 0.2) is 0 Å². The van der Waals surface area contributed by atoms with E-state index in [9.17, 15) is 9.59 Å². The van der Waals surface area contributed by atoms with Crippen LogP contribution in [-0.2, 0) is 4.79 Å². The second-order valence-corrected chi connectivity index (χ2v) is 2.47. The van der Waals surface area contributed by atoms with Gasteiger partial charge in [0, 0.05) is 12.3 Å². The molecule has 0 aliphatic rings. The standard InChI is InChI=1S/C6H11NO4S/c1-2-7(6(10)11)4(3-12)5(8)9/h4,12H,2-3H2,1H3,(H,8,9)(H,10,11)/t4-/m1/s1. The lowest BCUT2D eigenvalue weighted by atomic mass is 10.3. The van der Waals surface area contributed by atoms with Crippen LogP contribution in [0.3, 0.4) is 0 Å². The summed E-state index contributed by atoms with van der Waals surface area (Å²) in [7, 11) is 0. The van der Waals surface area contributed by atoms with Crippen molar-refractivity contribution < 1.29 is 19.8 Å². The number of hydrogen-bond donors (Lipinski definition) is 3. The van der Waals surface area contributed by atoms with E-state index in [1.807, 2.05) is 0 Å². The van der Waals surface area contributed by atoms with Crippen LogP contribution in [0.15, 0.2) is 0 Å². The number of hydrogen-bond acceptors (Lipinski definition) is 3. The monoisotopic (exact) mass is 193 g/mol. The van der Waals surface area contributed by atoms with Crippen molar-refractivity contribution in [3.8, 4) is 0 Å². The summed E-state index contributed by atoms with van der Waals surface area (Å²) >= 11 is 3.76. The quantitative estimate of drug-likeness (QED) is 0.564. The Bertz CT molecular complexity index is 164. The molecule has 0 saturated heterocycles. The molecule has 0 rings (SSSR count). The Morgan fingerprint density at radius 1 is 1.50 bits per heavy atom. The first-order valence-corrected chi connectivity index (χ1v) is 4.01. The van der Waals surface area contributed by atoms with E-state index in [0.717, 1.165) is 4.90 Å². The first-order chi connectivity index (χ1) is 5.54. The fourth-order valence-corrected chi connectivity index (χ4v) is 1.15. The minimum absolute atomic E-state index is 0.0184. The van der Waals surface area contributed by atoms with E-state index >= 15 is 0 Å². The van der Waals surface area contributed by atoms with Crippen molar-refractivity contribution in [2.75, 3.05) is 12.3 Å². The van der Waals surface area contributed by atoms with E-state index in [1.54, 1.807) is 6.92 Å². The summed E-state index contributed by atoms with van der Waals surface area (Å²) in [5.74, 6) is -1.19. The highest BCUT2D eigenvalue weighted by Crippen LogP contribution is 2.02. The van der Waals surface area contributed by atoms with Gasteiger partial charge in [0.05, 0.1) is 0 Å². The second kappa shape index (κ2) is 4.87. The molecular formula is C6H11NO4S. The van der Waals surface area contributed by atoms with Gasteiger partial charge in [0.2, 0.25) is 0 Å². The maximum absolute atomic E-state index is 10.5. The van der Waals surface area contributed by atoms with Crippen molar-refractivity contribution in [2.24, 2.45) is 0 Å². The molecule has 0 bridgehead atoms. The lowest BCUT2D eigenvalue weighted by Gasteiger charge is -2.22. The molecule has 0 heterocycles. The largest absolute Gasteiger partial charge is 0.480 e. The van der Waals surface area contributed by atoms with Gasteiger partial charge in [0.1, 0.15) is 6.04 Å². The third-order valence-electron chi connectivity index (χ3n) is 1.42. The Morgan fingerprint density at radius 2 is 2.00 bits per heavy atom. The Kier molecular flexibility index (Phi) is 4.50. The first kappa shape index (κ1) is 11.1. The predicted octanol–water partition coefficient (Wildman–Crippen LogP) is 0.369. The van der Waals surface area contributed by atoms with E-state index in [4.69, 9.17) is 10.2 Å². The number of carboxylic acid groups (broad SMARTS) is 2. The third-order valence-corrected chi connectivity index (χ3v) is 1.77. The van der Waals surface area contributed by atoms with Crippen molar-refractivity contribution in [3.05, 3.63) is 0 Å². The molecule has 5 nitrogen and oxygen atoms in total. The van der Waals surface area contributed by atoms with Gasteiger partial charge >= 0.3 is 12.1 Å². The summed E-state index contributed by atoms with van der Waals surface area (Å²) in [4.78, 5) is 21.8. The van der Waals surface area contributed by atoms with Crippen LogP contribution in [0.4, 0.5) is 4.79 Å². The average Bonchev–Trinajstić information content (AvgIpc) is 1.98. The van der Waals surface area contributed by atoms with Crippen LogP contribution in [0.25, 0.3) is 0 Å². The second-order valence-electron chi connectivity index (χ2n) is 2.11. The van der Waals surface area contributed by atoms with E-state index in [-0.39, 0.29) is 12.3 Å². The third kappa shape index (κ3) is 2.61. The van der Waals surface area contributed by atoms with Crippen LogP contribution in [-0.4, -0.2) is 45.5 Å². The summed E-state index contributed by atoms with van der Waals surface area (Å²) in [6.07, 6.45) is -1.24. The summed E-state index contributed by atoms with van der Waals surface area (Å²) in [5, 5.41) is 17.1. The van der Waals surface area contributed by atoms with Crippen LogP contribution < -0.4 is 0 Å². The zero-order valence-electron chi connectivity index (χ0n) is 6.60. The van der Waals surface area contributed by atoms with Gasteiger partial charge < -0.3 is 10.2 Å². The van der Waals surface area contributed by atoms with E-state index < -0.39 is 18.1 Å². The number of amides is 1. The van der Waals surface area contributed by atoms with Gasteiger partial charge in [-0.05, 0) is 6.92 Å². The maximum atomic E-state index is 10.5. The van der Waals surface area contributed by atoms with Crippen LogP contribution >= 0.6 is 12.6 Å². The molecule has 1 atom stereocenters. The highest BCUT2D eigenvalue weighted by molar-refractivity contribution is 7.80. The molecule has 0 spiro atoms. The first-order valence-electron chi connectivity index (χ1n) is 3.37. The maximum Gasteiger partial charge on any atom is 0.408 e. The number of rotatable bonds is 4. The van der Waals surface area contributed by atoms with Gasteiger partial charge in [-0.1, -0.05) is 0 Å². The van der Waals surface area contributed by atoms with Crippen molar-refractivity contribution in [3.63, 3.8) is 0 Å². The molecule has 0 unspecified atom stereocenters. The molecule has 0 saturated carbocycles. The van der Waals surface area contributed by atoms with Gasteiger partial charge in [-0.25, -0.2) is 9.59 Å². The molecule has 2 N–H and O–H groups in total. The highest BCUT2D eigenvalue weighted by atomic mass is 32.1. The Balaban J connectivity index is 4.44. The summed E-state index contributed by atoms with van der Waals surface area (Å²) in [5.41, 5.74) is 0. The number of nitrogens with zero attached hydrogens (tertiary/aromatic N) is 1. The molecule has 0 aromatic carbocycles. The topological polar surface area (TPSA) is 77.8 Å². The molecule has 0 radical (unpaired) electrons. The molecular weight excluding hydrogens is 182 g/mol. The van der Waals surface area contributed by atoms with Crippen LogP contribution in [0, 0.1) is 0 Å².